The third kappa shape index (κ3) is 3.13. The summed E-state index contributed by atoms with van der Waals surface area (Å²) in [5, 5.41) is 0. The van der Waals surface area contributed by atoms with Crippen LogP contribution in [0.3, 0.4) is 0 Å². The molecule has 0 atom stereocenters. The molecule has 6 heteroatoms. The molecule has 0 aliphatic heterocycles. The molecule has 0 saturated heterocycles. The summed E-state index contributed by atoms with van der Waals surface area (Å²) in [6.07, 6.45) is 0. The fourth-order valence-electron chi connectivity index (χ4n) is 2.36. The van der Waals surface area contributed by atoms with Gasteiger partial charge >= 0.3 is 0 Å². The monoisotopic (exact) mass is 400 g/mol. The molecule has 0 unspecified atom stereocenters. The van der Waals surface area contributed by atoms with Crippen molar-refractivity contribution < 1.29 is 0 Å². The molecule has 0 fully saturated rings. The third-order valence-electron chi connectivity index (χ3n) is 3.26. The lowest BCUT2D eigenvalue weighted by atomic mass is 9.76. The second-order valence-electron chi connectivity index (χ2n) is 4.48. The standard InChI is InChI=1S/C15H10Cl6/c16-14(17,18)13(15(19,20)21,11-7-3-1-4-8-11)12-9-5-2-6-10-12/h1-10H. The van der Waals surface area contributed by atoms with E-state index in [1.54, 1.807) is 48.5 Å². The Morgan fingerprint density at radius 3 is 1.00 bits per heavy atom. The number of hydrogen-bond acceptors (Lipinski definition) is 0. The van der Waals surface area contributed by atoms with E-state index >= 15 is 0 Å². The van der Waals surface area contributed by atoms with Crippen LogP contribution in [0.5, 0.6) is 0 Å². The Labute approximate surface area is 153 Å². The van der Waals surface area contributed by atoms with Gasteiger partial charge in [0.15, 0.2) is 0 Å². The largest absolute Gasteiger partial charge is 0.208 e. The second kappa shape index (κ2) is 6.35. The molecule has 0 spiro atoms. The van der Waals surface area contributed by atoms with E-state index in [9.17, 15) is 0 Å². The van der Waals surface area contributed by atoms with Gasteiger partial charge in [-0.2, -0.15) is 0 Å². The molecule has 0 saturated carbocycles. The maximum absolute atomic E-state index is 6.29. The fraction of sp³-hybridized carbons (Fsp3) is 0.200. The normalized spacial score (nSPS) is 13.2. The van der Waals surface area contributed by atoms with Gasteiger partial charge in [-0.05, 0) is 11.1 Å². The molecule has 0 aliphatic rings. The summed E-state index contributed by atoms with van der Waals surface area (Å²) in [6, 6.07) is 18.0. The molecule has 21 heavy (non-hydrogen) atoms. The lowest BCUT2D eigenvalue weighted by Gasteiger charge is -2.45. The van der Waals surface area contributed by atoms with E-state index in [1.165, 1.54) is 0 Å². The summed E-state index contributed by atoms with van der Waals surface area (Å²) < 4.78 is -3.75. The minimum Gasteiger partial charge on any atom is -0.0821 e. The quantitative estimate of drug-likeness (QED) is 0.489. The molecule has 2 rings (SSSR count). The summed E-state index contributed by atoms with van der Waals surface area (Å²) in [6.45, 7) is 0. The molecule has 0 aromatic heterocycles. The fourth-order valence-corrected chi connectivity index (χ4v) is 4.95. The second-order valence-corrected chi connectivity index (χ2v) is 9.04. The van der Waals surface area contributed by atoms with Crippen LogP contribution in [0, 0.1) is 0 Å². The molecular formula is C15H10Cl6. The van der Waals surface area contributed by atoms with Gasteiger partial charge in [0, 0.05) is 0 Å². The topological polar surface area (TPSA) is 0 Å². The lowest BCUT2D eigenvalue weighted by Crippen LogP contribution is -2.51. The van der Waals surface area contributed by atoms with Gasteiger partial charge in [0.1, 0.15) is 5.41 Å². The molecular weight excluding hydrogens is 393 g/mol. The summed E-state index contributed by atoms with van der Waals surface area (Å²) in [5.41, 5.74) is -0.231. The van der Waals surface area contributed by atoms with Crippen molar-refractivity contribution in [2.24, 2.45) is 0 Å². The van der Waals surface area contributed by atoms with Crippen LogP contribution in [-0.4, -0.2) is 7.59 Å². The Kier molecular flexibility index (Phi) is 5.31. The molecule has 0 amide bonds. The van der Waals surface area contributed by atoms with Crippen molar-refractivity contribution in [2.45, 2.75) is 13.0 Å². The minimum absolute atomic E-state index is 0.608. The first-order valence-corrected chi connectivity index (χ1v) is 8.22. The summed E-state index contributed by atoms with van der Waals surface area (Å²) in [5.74, 6) is 0. The average molecular weight is 403 g/mol. The number of alkyl halides is 6. The van der Waals surface area contributed by atoms with Gasteiger partial charge in [-0.15, -0.1) is 0 Å². The smallest absolute Gasteiger partial charge is 0.0821 e. The molecule has 2 aromatic carbocycles. The Balaban J connectivity index is 2.87. The average Bonchev–Trinajstić information content (AvgIpc) is 2.38. The Morgan fingerprint density at radius 1 is 0.476 bits per heavy atom. The van der Waals surface area contributed by atoms with Gasteiger partial charge in [0.2, 0.25) is 7.59 Å². The van der Waals surface area contributed by atoms with Crippen LogP contribution < -0.4 is 0 Å². The van der Waals surface area contributed by atoms with Crippen molar-refractivity contribution >= 4 is 69.6 Å². The summed E-state index contributed by atoms with van der Waals surface area (Å²) in [7, 11) is 0. The van der Waals surface area contributed by atoms with Gasteiger partial charge in [0.05, 0.1) is 0 Å². The molecule has 0 heterocycles. The predicted molar refractivity (Wildman–Crippen MR) is 94.2 cm³/mol. The van der Waals surface area contributed by atoms with Crippen LogP contribution in [0.15, 0.2) is 60.7 Å². The van der Waals surface area contributed by atoms with Crippen LogP contribution in [0.2, 0.25) is 0 Å². The van der Waals surface area contributed by atoms with E-state index in [0.717, 1.165) is 0 Å². The van der Waals surface area contributed by atoms with Gasteiger partial charge in [0.25, 0.3) is 0 Å². The Hall–Kier alpha value is 0.180. The number of halogens is 6. The first-order chi connectivity index (χ1) is 9.71. The van der Waals surface area contributed by atoms with Crippen molar-refractivity contribution in [3.8, 4) is 0 Å². The Morgan fingerprint density at radius 2 is 0.762 bits per heavy atom. The van der Waals surface area contributed by atoms with Crippen molar-refractivity contribution in [2.75, 3.05) is 0 Å². The Bertz CT molecular complexity index is 528. The highest BCUT2D eigenvalue weighted by atomic mass is 35.6. The van der Waals surface area contributed by atoms with E-state index in [-0.39, 0.29) is 0 Å². The molecule has 0 nitrogen and oxygen atoms in total. The van der Waals surface area contributed by atoms with E-state index < -0.39 is 13.0 Å². The first kappa shape index (κ1) is 17.5. The zero-order valence-corrected chi connectivity index (χ0v) is 15.1. The molecule has 0 bridgehead atoms. The summed E-state index contributed by atoms with van der Waals surface area (Å²) in [4.78, 5) is 0. The van der Waals surface area contributed by atoms with Crippen molar-refractivity contribution in [1.29, 1.82) is 0 Å². The molecule has 0 aliphatic carbocycles. The third-order valence-corrected chi connectivity index (χ3v) is 4.96. The maximum Gasteiger partial charge on any atom is 0.208 e. The van der Waals surface area contributed by atoms with Crippen molar-refractivity contribution in [1.82, 2.24) is 0 Å². The van der Waals surface area contributed by atoms with Gasteiger partial charge in [-0.3, -0.25) is 0 Å². The van der Waals surface area contributed by atoms with Crippen molar-refractivity contribution in [3.63, 3.8) is 0 Å². The highest BCUT2D eigenvalue weighted by molar-refractivity contribution is 6.74. The predicted octanol–water partition coefficient (Wildman–Crippen LogP) is 6.71. The maximum atomic E-state index is 6.29. The lowest BCUT2D eigenvalue weighted by molar-refractivity contribution is 0.536. The van der Waals surface area contributed by atoms with E-state index in [4.69, 9.17) is 69.6 Å². The van der Waals surface area contributed by atoms with Gasteiger partial charge in [-0.1, -0.05) is 130 Å². The zero-order chi connectivity index (χ0) is 15.7. The van der Waals surface area contributed by atoms with Gasteiger partial charge in [-0.25, -0.2) is 0 Å². The van der Waals surface area contributed by atoms with Crippen LogP contribution >= 0.6 is 69.6 Å². The van der Waals surface area contributed by atoms with Crippen LogP contribution in [0.1, 0.15) is 11.1 Å². The highest BCUT2D eigenvalue weighted by Crippen LogP contribution is 2.61. The minimum atomic E-state index is -1.87. The van der Waals surface area contributed by atoms with E-state index in [0.29, 0.717) is 11.1 Å². The number of hydrogen-bond donors (Lipinski definition) is 0. The zero-order valence-electron chi connectivity index (χ0n) is 10.5. The molecule has 0 radical (unpaired) electrons. The number of benzene rings is 2. The van der Waals surface area contributed by atoms with Crippen LogP contribution in [-0.2, 0) is 5.41 Å². The van der Waals surface area contributed by atoms with E-state index in [1.807, 2.05) is 12.1 Å². The van der Waals surface area contributed by atoms with E-state index in [2.05, 4.69) is 0 Å². The highest BCUT2D eigenvalue weighted by Gasteiger charge is 2.62. The van der Waals surface area contributed by atoms with Crippen molar-refractivity contribution in [3.05, 3.63) is 71.8 Å². The van der Waals surface area contributed by atoms with Gasteiger partial charge < -0.3 is 0 Å². The van der Waals surface area contributed by atoms with Crippen LogP contribution in [0.4, 0.5) is 0 Å². The SMILES string of the molecule is ClC(Cl)(Cl)C(c1ccccc1)(c1ccccc1)C(Cl)(Cl)Cl. The number of rotatable bonds is 2. The summed E-state index contributed by atoms with van der Waals surface area (Å²) >= 11 is 37.7. The van der Waals surface area contributed by atoms with Crippen LogP contribution in [0.25, 0.3) is 0 Å². The molecule has 0 N–H and O–H groups in total. The molecule has 112 valence electrons. The first-order valence-electron chi connectivity index (χ1n) is 5.96. The molecule has 2 aromatic rings.